The molecule has 10 heteroatoms. The first-order valence-corrected chi connectivity index (χ1v) is 23.3. The number of unbranched alkanes of at least 4 members (excludes halogenated alkanes) is 18. The molecule has 1 saturated heterocycles. The van der Waals surface area contributed by atoms with Crippen molar-refractivity contribution in [1.82, 2.24) is 4.90 Å². The second-order valence-electron chi connectivity index (χ2n) is 16.4. The number of hydrogen-bond acceptors (Lipinski definition) is 10. The summed E-state index contributed by atoms with van der Waals surface area (Å²) >= 11 is 0. The van der Waals surface area contributed by atoms with E-state index >= 15 is 0 Å². The molecular weight excluding hydrogens is 711 g/mol. The van der Waals surface area contributed by atoms with Crippen molar-refractivity contribution in [2.75, 3.05) is 40.0 Å². The fraction of sp³-hybridized carbons (Fsp3) is 0.913. The van der Waals surface area contributed by atoms with Crippen molar-refractivity contribution >= 4 is 24.1 Å². The molecule has 0 spiro atoms. The molecule has 0 N–H and O–H groups in total. The monoisotopic (exact) mass is 796 g/mol. The van der Waals surface area contributed by atoms with Crippen LogP contribution in [0.3, 0.4) is 0 Å². The Kier molecular flexibility index (Phi) is 34.1. The molecule has 0 bridgehead atoms. The minimum atomic E-state index is -0.591. The fourth-order valence-corrected chi connectivity index (χ4v) is 7.21. The van der Waals surface area contributed by atoms with Crippen LogP contribution in [0.1, 0.15) is 213 Å². The van der Waals surface area contributed by atoms with E-state index in [1.807, 2.05) is 7.05 Å². The molecule has 0 aromatic carbocycles. The van der Waals surface area contributed by atoms with Crippen LogP contribution in [0.15, 0.2) is 0 Å². The zero-order chi connectivity index (χ0) is 40.9. The lowest BCUT2D eigenvalue weighted by Crippen LogP contribution is -2.26. The molecule has 0 aromatic rings. The van der Waals surface area contributed by atoms with Gasteiger partial charge in [-0.05, 0) is 64.8 Å². The van der Waals surface area contributed by atoms with Gasteiger partial charge in [0, 0.05) is 38.3 Å². The minimum absolute atomic E-state index is 0.104. The van der Waals surface area contributed by atoms with Gasteiger partial charge in [0.15, 0.2) is 0 Å². The molecule has 56 heavy (non-hydrogen) atoms. The number of esters is 3. The van der Waals surface area contributed by atoms with Gasteiger partial charge in [-0.15, -0.1) is 0 Å². The quantitative estimate of drug-likeness (QED) is 0.0339. The Balaban J connectivity index is 2.44. The summed E-state index contributed by atoms with van der Waals surface area (Å²) in [4.78, 5) is 52.1. The first-order chi connectivity index (χ1) is 27.3. The zero-order valence-electron chi connectivity index (χ0n) is 36.6. The summed E-state index contributed by atoms with van der Waals surface area (Å²) in [7, 11) is 2.02. The Hall–Kier alpha value is -2.36. The van der Waals surface area contributed by atoms with E-state index in [1.165, 1.54) is 64.2 Å². The van der Waals surface area contributed by atoms with E-state index in [2.05, 4.69) is 25.7 Å². The summed E-state index contributed by atoms with van der Waals surface area (Å²) < 4.78 is 28.1. The van der Waals surface area contributed by atoms with Crippen molar-refractivity contribution in [3.63, 3.8) is 0 Å². The van der Waals surface area contributed by atoms with Gasteiger partial charge in [0.2, 0.25) is 0 Å². The summed E-state index contributed by atoms with van der Waals surface area (Å²) in [5.74, 6) is -0.755. The molecule has 1 aliphatic rings. The van der Waals surface area contributed by atoms with Crippen molar-refractivity contribution in [3.05, 3.63) is 0 Å². The SMILES string of the molecule is CCCCCCCCCCCCC(CCCOC(=O)CCCCC(COC(=O)CCCCCCC)COC(=O)CCCCCCC)OC(=O)OC1CCN(C)C1. The Bertz CT molecular complexity index is 946. The minimum Gasteiger partial charge on any atom is -0.466 e. The predicted molar refractivity (Wildman–Crippen MR) is 225 cm³/mol. The van der Waals surface area contributed by atoms with E-state index in [4.69, 9.17) is 23.7 Å². The van der Waals surface area contributed by atoms with E-state index in [9.17, 15) is 19.2 Å². The van der Waals surface area contributed by atoms with Crippen LogP contribution in [-0.2, 0) is 38.1 Å². The van der Waals surface area contributed by atoms with E-state index in [1.54, 1.807) is 0 Å². The van der Waals surface area contributed by atoms with Gasteiger partial charge >= 0.3 is 24.1 Å². The smallest absolute Gasteiger partial charge is 0.466 e. The number of likely N-dealkylation sites (N-methyl/N-ethyl adjacent to an activating group) is 1. The molecule has 1 aliphatic heterocycles. The number of carbonyl (C=O) groups excluding carboxylic acids is 4. The van der Waals surface area contributed by atoms with Gasteiger partial charge in [0.25, 0.3) is 0 Å². The third-order valence-corrected chi connectivity index (χ3v) is 10.9. The molecule has 10 nitrogen and oxygen atoms in total. The van der Waals surface area contributed by atoms with Crippen molar-refractivity contribution in [3.8, 4) is 0 Å². The summed E-state index contributed by atoms with van der Waals surface area (Å²) in [5.41, 5.74) is 0. The number of likely N-dealkylation sites (tertiary alicyclic amines) is 1. The maximum absolute atomic E-state index is 12.6. The van der Waals surface area contributed by atoms with Crippen molar-refractivity contribution in [2.45, 2.75) is 226 Å². The maximum atomic E-state index is 12.6. The normalized spacial score (nSPS) is 14.8. The highest BCUT2D eigenvalue weighted by Gasteiger charge is 2.25. The van der Waals surface area contributed by atoms with Crippen molar-refractivity contribution in [2.24, 2.45) is 5.92 Å². The highest BCUT2D eigenvalue weighted by atomic mass is 16.7. The molecule has 1 rings (SSSR count). The molecular formula is C46H85NO9. The highest BCUT2D eigenvalue weighted by Crippen LogP contribution is 2.19. The van der Waals surface area contributed by atoms with Gasteiger partial charge in [-0.25, -0.2) is 4.79 Å². The van der Waals surface area contributed by atoms with Crippen molar-refractivity contribution in [1.29, 1.82) is 0 Å². The summed E-state index contributed by atoms with van der Waals surface area (Å²) in [6.07, 6.45) is 28.2. The largest absolute Gasteiger partial charge is 0.508 e. The lowest BCUT2D eigenvalue weighted by Gasteiger charge is -2.19. The third kappa shape index (κ3) is 31.7. The Morgan fingerprint density at radius 3 is 1.46 bits per heavy atom. The van der Waals surface area contributed by atoms with Gasteiger partial charge in [0.1, 0.15) is 12.2 Å². The van der Waals surface area contributed by atoms with Crippen LogP contribution in [0.2, 0.25) is 0 Å². The molecule has 0 aromatic heterocycles. The molecule has 2 unspecified atom stereocenters. The molecule has 1 heterocycles. The van der Waals surface area contributed by atoms with Crippen LogP contribution >= 0.6 is 0 Å². The van der Waals surface area contributed by atoms with Crippen LogP contribution in [0.5, 0.6) is 0 Å². The summed E-state index contributed by atoms with van der Waals surface area (Å²) in [6.45, 7) is 8.95. The second-order valence-corrected chi connectivity index (χ2v) is 16.4. The van der Waals surface area contributed by atoms with Gasteiger partial charge < -0.3 is 28.6 Å². The lowest BCUT2D eigenvalue weighted by molar-refractivity contribution is -0.149. The van der Waals surface area contributed by atoms with E-state index in [0.29, 0.717) is 44.9 Å². The van der Waals surface area contributed by atoms with Gasteiger partial charge in [-0.2, -0.15) is 0 Å². The van der Waals surface area contributed by atoms with Crippen LogP contribution in [0.4, 0.5) is 4.79 Å². The van der Waals surface area contributed by atoms with Crippen LogP contribution < -0.4 is 0 Å². The second kappa shape index (κ2) is 36.9. The van der Waals surface area contributed by atoms with Gasteiger partial charge in [-0.1, -0.05) is 136 Å². The fourth-order valence-electron chi connectivity index (χ4n) is 7.21. The Morgan fingerprint density at radius 2 is 0.964 bits per heavy atom. The van der Waals surface area contributed by atoms with E-state index in [0.717, 1.165) is 96.6 Å². The zero-order valence-corrected chi connectivity index (χ0v) is 36.6. The van der Waals surface area contributed by atoms with Crippen molar-refractivity contribution < 1.29 is 42.9 Å². The number of rotatable bonds is 38. The van der Waals surface area contributed by atoms with Gasteiger partial charge in [0.05, 0.1) is 19.8 Å². The molecule has 2 atom stereocenters. The molecule has 0 aliphatic carbocycles. The number of ether oxygens (including phenoxy) is 5. The molecule has 0 radical (unpaired) electrons. The standard InChI is InChI=1S/C46H85NO9/c1-5-8-11-14-15-16-17-18-21-22-29-41(55-46(51)56-42-34-35-47(4)37-42)30-27-36-52-43(48)33-26-25-28-40(38-53-44(49)31-23-19-12-9-6-2)39-54-45(50)32-24-20-13-10-7-3/h40-42H,5-39H2,1-4H3. The number of carbonyl (C=O) groups is 4. The predicted octanol–water partition coefficient (Wildman–Crippen LogP) is 11.8. The Labute approximate surface area is 342 Å². The molecule has 1 fully saturated rings. The average Bonchev–Trinajstić information content (AvgIpc) is 3.59. The van der Waals surface area contributed by atoms with E-state index < -0.39 is 6.16 Å². The first-order valence-electron chi connectivity index (χ1n) is 23.3. The van der Waals surface area contributed by atoms with E-state index in [-0.39, 0.29) is 55.9 Å². The molecule has 0 saturated carbocycles. The topological polar surface area (TPSA) is 118 Å². The molecule has 0 amide bonds. The summed E-state index contributed by atoms with van der Waals surface area (Å²) in [5, 5.41) is 0. The van der Waals surface area contributed by atoms with Crippen LogP contribution in [0.25, 0.3) is 0 Å². The Morgan fingerprint density at radius 1 is 0.536 bits per heavy atom. The highest BCUT2D eigenvalue weighted by molar-refractivity contribution is 5.70. The maximum Gasteiger partial charge on any atom is 0.508 e. The van der Waals surface area contributed by atoms with Crippen LogP contribution in [0, 0.1) is 5.92 Å². The number of nitrogens with zero attached hydrogens (tertiary/aromatic N) is 1. The average molecular weight is 796 g/mol. The molecule has 328 valence electrons. The van der Waals surface area contributed by atoms with Gasteiger partial charge in [-0.3, -0.25) is 14.4 Å². The third-order valence-electron chi connectivity index (χ3n) is 10.9. The summed E-state index contributed by atoms with van der Waals surface area (Å²) in [6, 6.07) is 0. The number of hydrogen-bond donors (Lipinski definition) is 0. The lowest BCUT2D eigenvalue weighted by atomic mass is 10.0. The van der Waals surface area contributed by atoms with Crippen LogP contribution in [-0.4, -0.2) is 81.1 Å². The first kappa shape index (κ1) is 51.7.